The first kappa shape index (κ1) is 14.2. The third-order valence-electron chi connectivity index (χ3n) is 2.58. The summed E-state index contributed by atoms with van der Waals surface area (Å²) < 4.78 is 0. The minimum absolute atomic E-state index is 0. The van der Waals surface area contributed by atoms with Crippen LogP contribution < -0.4 is 5.32 Å². The summed E-state index contributed by atoms with van der Waals surface area (Å²) in [4.78, 5) is 5.80. The SMILES string of the molecule is Br.Cc1ccc(Nc2nc(-c3cccs3)cs2)cc1. The van der Waals surface area contributed by atoms with Crippen LogP contribution in [0.1, 0.15) is 5.56 Å². The first-order chi connectivity index (χ1) is 8.81. The number of thiophene rings is 1. The number of aryl methyl sites for hydroxylation is 1. The van der Waals surface area contributed by atoms with Crippen molar-refractivity contribution in [2.45, 2.75) is 6.92 Å². The van der Waals surface area contributed by atoms with E-state index in [9.17, 15) is 0 Å². The molecule has 0 saturated carbocycles. The lowest BCUT2D eigenvalue weighted by atomic mass is 10.2. The molecule has 0 radical (unpaired) electrons. The summed E-state index contributed by atoms with van der Waals surface area (Å²) in [5.74, 6) is 0. The van der Waals surface area contributed by atoms with Gasteiger partial charge in [-0.15, -0.1) is 39.7 Å². The highest BCUT2D eigenvalue weighted by atomic mass is 79.9. The highest BCUT2D eigenvalue weighted by Gasteiger charge is 2.05. The Hall–Kier alpha value is -1.17. The van der Waals surface area contributed by atoms with Gasteiger partial charge < -0.3 is 5.32 Å². The lowest BCUT2D eigenvalue weighted by Gasteiger charge is -2.02. The zero-order chi connectivity index (χ0) is 12.4. The maximum atomic E-state index is 4.59. The van der Waals surface area contributed by atoms with Gasteiger partial charge in [0.2, 0.25) is 0 Å². The summed E-state index contributed by atoms with van der Waals surface area (Å²) in [5.41, 5.74) is 3.39. The summed E-state index contributed by atoms with van der Waals surface area (Å²) in [6.07, 6.45) is 0. The molecule has 0 amide bonds. The van der Waals surface area contributed by atoms with Crippen LogP contribution in [0, 0.1) is 6.92 Å². The number of rotatable bonds is 3. The number of halogens is 1. The van der Waals surface area contributed by atoms with Crippen LogP contribution in [0.15, 0.2) is 47.2 Å². The van der Waals surface area contributed by atoms with E-state index < -0.39 is 0 Å². The Labute approximate surface area is 130 Å². The van der Waals surface area contributed by atoms with Crippen LogP contribution in [-0.4, -0.2) is 4.98 Å². The summed E-state index contributed by atoms with van der Waals surface area (Å²) in [6.45, 7) is 2.09. The van der Waals surface area contributed by atoms with Crippen LogP contribution in [0.3, 0.4) is 0 Å². The average Bonchev–Trinajstić information content (AvgIpc) is 3.02. The number of aromatic nitrogens is 1. The third kappa shape index (κ3) is 3.43. The average molecular weight is 353 g/mol. The lowest BCUT2D eigenvalue weighted by molar-refractivity contribution is 1.39. The highest BCUT2D eigenvalue weighted by molar-refractivity contribution is 8.93. The van der Waals surface area contributed by atoms with E-state index in [0.717, 1.165) is 16.5 Å². The third-order valence-corrected chi connectivity index (χ3v) is 4.23. The van der Waals surface area contributed by atoms with E-state index in [1.807, 2.05) is 6.07 Å². The lowest BCUT2D eigenvalue weighted by Crippen LogP contribution is -1.89. The Morgan fingerprint density at radius 1 is 1.05 bits per heavy atom. The Bertz CT molecular complexity index is 630. The van der Waals surface area contributed by atoms with Crippen LogP contribution in [0.4, 0.5) is 10.8 Å². The van der Waals surface area contributed by atoms with Gasteiger partial charge in [0.05, 0.1) is 10.6 Å². The Kier molecular flexibility index (Phi) is 4.74. The molecule has 1 N–H and O–H groups in total. The number of benzene rings is 1. The quantitative estimate of drug-likeness (QED) is 0.672. The molecule has 0 saturated heterocycles. The minimum Gasteiger partial charge on any atom is -0.332 e. The van der Waals surface area contributed by atoms with Gasteiger partial charge in [0, 0.05) is 11.1 Å². The van der Waals surface area contributed by atoms with Crippen molar-refractivity contribution < 1.29 is 0 Å². The zero-order valence-electron chi connectivity index (χ0n) is 10.3. The molecule has 3 rings (SSSR count). The topological polar surface area (TPSA) is 24.9 Å². The van der Waals surface area contributed by atoms with Crippen molar-refractivity contribution in [3.8, 4) is 10.6 Å². The number of hydrogen-bond acceptors (Lipinski definition) is 4. The van der Waals surface area contributed by atoms with Gasteiger partial charge >= 0.3 is 0 Å². The van der Waals surface area contributed by atoms with Gasteiger partial charge in [-0.05, 0) is 30.5 Å². The molecule has 2 aromatic heterocycles. The monoisotopic (exact) mass is 352 g/mol. The second-order valence-electron chi connectivity index (χ2n) is 4.01. The fourth-order valence-corrected chi connectivity index (χ4v) is 3.12. The fraction of sp³-hybridized carbons (Fsp3) is 0.0714. The highest BCUT2D eigenvalue weighted by Crippen LogP contribution is 2.29. The number of nitrogens with one attached hydrogen (secondary N) is 1. The molecule has 98 valence electrons. The maximum Gasteiger partial charge on any atom is 0.187 e. The molecule has 19 heavy (non-hydrogen) atoms. The zero-order valence-corrected chi connectivity index (χ0v) is 13.6. The standard InChI is InChI=1S/C14H12N2S2.BrH/c1-10-4-6-11(7-5-10)15-14-16-12(9-18-14)13-3-2-8-17-13;/h2-9H,1H3,(H,15,16);1H. The Morgan fingerprint density at radius 2 is 1.84 bits per heavy atom. The smallest absolute Gasteiger partial charge is 0.187 e. The van der Waals surface area contributed by atoms with Crippen molar-refractivity contribution in [2.75, 3.05) is 5.32 Å². The number of thiazole rings is 1. The molecule has 5 heteroatoms. The van der Waals surface area contributed by atoms with Crippen LogP contribution in [0.2, 0.25) is 0 Å². The van der Waals surface area contributed by atoms with Crippen LogP contribution in [-0.2, 0) is 0 Å². The van der Waals surface area contributed by atoms with E-state index in [0.29, 0.717) is 0 Å². The predicted molar refractivity (Wildman–Crippen MR) is 90.2 cm³/mol. The van der Waals surface area contributed by atoms with Crippen molar-refractivity contribution in [1.29, 1.82) is 0 Å². The van der Waals surface area contributed by atoms with Gasteiger partial charge in [-0.1, -0.05) is 23.8 Å². The molecule has 3 aromatic rings. The largest absolute Gasteiger partial charge is 0.332 e. The summed E-state index contributed by atoms with van der Waals surface area (Å²) in [5, 5.41) is 8.41. The molecule has 2 nitrogen and oxygen atoms in total. The normalized spacial score (nSPS) is 9.95. The molecular formula is C14H13BrN2S2. The van der Waals surface area contributed by atoms with Crippen molar-refractivity contribution in [3.63, 3.8) is 0 Å². The Balaban J connectivity index is 0.00000133. The number of anilines is 2. The summed E-state index contributed by atoms with van der Waals surface area (Å²) in [6, 6.07) is 12.5. The molecule has 0 unspecified atom stereocenters. The van der Waals surface area contributed by atoms with Crippen LogP contribution in [0.25, 0.3) is 10.6 Å². The molecular weight excluding hydrogens is 340 g/mol. The molecule has 2 heterocycles. The van der Waals surface area contributed by atoms with Gasteiger partial charge in [-0.2, -0.15) is 0 Å². The van der Waals surface area contributed by atoms with Crippen molar-refractivity contribution in [2.24, 2.45) is 0 Å². The van der Waals surface area contributed by atoms with Crippen molar-refractivity contribution in [3.05, 3.63) is 52.7 Å². The molecule has 0 aliphatic rings. The summed E-state index contributed by atoms with van der Waals surface area (Å²) >= 11 is 3.35. The number of hydrogen-bond donors (Lipinski definition) is 1. The van der Waals surface area contributed by atoms with Crippen LogP contribution >= 0.6 is 39.7 Å². The fourth-order valence-electron chi connectivity index (χ4n) is 1.63. The van der Waals surface area contributed by atoms with Gasteiger partial charge in [-0.3, -0.25) is 0 Å². The van der Waals surface area contributed by atoms with E-state index in [1.165, 1.54) is 10.4 Å². The van der Waals surface area contributed by atoms with E-state index in [4.69, 9.17) is 0 Å². The Morgan fingerprint density at radius 3 is 2.53 bits per heavy atom. The molecule has 0 spiro atoms. The van der Waals surface area contributed by atoms with E-state index >= 15 is 0 Å². The molecule has 0 bridgehead atoms. The summed E-state index contributed by atoms with van der Waals surface area (Å²) in [7, 11) is 0. The van der Waals surface area contributed by atoms with Gasteiger partial charge in [-0.25, -0.2) is 4.98 Å². The first-order valence-corrected chi connectivity index (χ1v) is 7.40. The van der Waals surface area contributed by atoms with Crippen molar-refractivity contribution >= 4 is 50.5 Å². The molecule has 0 aliphatic carbocycles. The van der Waals surface area contributed by atoms with Gasteiger partial charge in [0.25, 0.3) is 0 Å². The van der Waals surface area contributed by atoms with Gasteiger partial charge in [0.15, 0.2) is 5.13 Å². The predicted octanol–water partition coefficient (Wildman–Crippen LogP) is 5.50. The van der Waals surface area contributed by atoms with E-state index in [2.05, 4.69) is 58.3 Å². The van der Waals surface area contributed by atoms with Crippen LogP contribution in [0.5, 0.6) is 0 Å². The second kappa shape index (κ2) is 6.32. The van der Waals surface area contributed by atoms with E-state index in [1.54, 1.807) is 22.7 Å². The maximum absolute atomic E-state index is 4.59. The minimum atomic E-state index is 0. The molecule has 0 fully saturated rings. The van der Waals surface area contributed by atoms with Gasteiger partial charge in [0.1, 0.15) is 0 Å². The van der Waals surface area contributed by atoms with Crippen molar-refractivity contribution in [1.82, 2.24) is 4.98 Å². The second-order valence-corrected chi connectivity index (χ2v) is 5.81. The first-order valence-electron chi connectivity index (χ1n) is 5.64. The molecule has 0 aliphatic heterocycles. The number of nitrogens with zero attached hydrogens (tertiary/aromatic N) is 1. The molecule has 0 atom stereocenters. The molecule has 1 aromatic carbocycles. The van der Waals surface area contributed by atoms with E-state index in [-0.39, 0.29) is 17.0 Å².